The third-order valence-corrected chi connectivity index (χ3v) is 4.18. The Hall–Kier alpha value is -3.34. The number of ether oxygens (including phenoxy) is 1. The highest BCUT2D eigenvalue weighted by molar-refractivity contribution is 6.03. The lowest BCUT2D eigenvalue weighted by molar-refractivity contribution is -0.122. The smallest absolute Gasteiger partial charge is 0.265 e. The van der Waals surface area contributed by atoms with Crippen LogP contribution in [0.5, 0.6) is 11.5 Å². The first kappa shape index (κ1) is 15.2. The fourth-order valence-corrected chi connectivity index (χ4v) is 2.84. The molecule has 1 atom stereocenters. The molecule has 0 spiro atoms. The molecule has 1 amide bonds. The second-order valence-corrected chi connectivity index (χ2v) is 5.91. The number of fused-ring (bicyclic) bond motifs is 2. The van der Waals surface area contributed by atoms with Gasteiger partial charge in [0.15, 0.2) is 6.10 Å². The third-order valence-electron chi connectivity index (χ3n) is 4.18. The molecule has 3 aromatic carbocycles. The highest BCUT2D eigenvalue weighted by Gasteiger charge is 2.23. The van der Waals surface area contributed by atoms with Gasteiger partial charge >= 0.3 is 0 Å². The van der Waals surface area contributed by atoms with E-state index in [9.17, 15) is 9.90 Å². The van der Waals surface area contributed by atoms with E-state index in [0.717, 1.165) is 10.8 Å². The van der Waals surface area contributed by atoms with Gasteiger partial charge in [-0.05, 0) is 42.0 Å². The van der Waals surface area contributed by atoms with Gasteiger partial charge < -0.3 is 15.2 Å². The van der Waals surface area contributed by atoms with E-state index in [1.54, 1.807) is 31.3 Å². The first-order valence-electron chi connectivity index (χ1n) is 7.98. The van der Waals surface area contributed by atoms with Crippen molar-refractivity contribution in [3.05, 3.63) is 60.2 Å². The van der Waals surface area contributed by atoms with E-state index in [1.165, 1.54) is 0 Å². The molecule has 0 radical (unpaired) electrons. The molecule has 0 saturated heterocycles. The number of aromatic hydroxyl groups is 1. The normalized spacial score (nSPS) is 16.5. The average molecular weight is 332 g/mol. The summed E-state index contributed by atoms with van der Waals surface area (Å²) >= 11 is 0. The Bertz CT molecular complexity index is 1010. The van der Waals surface area contributed by atoms with Crippen molar-refractivity contribution in [2.24, 2.45) is 4.99 Å². The second-order valence-electron chi connectivity index (χ2n) is 5.91. The van der Waals surface area contributed by atoms with Gasteiger partial charge in [-0.1, -0.05) is 30.3 Å². The number of phenolic OH excluding ortho intramolecular Hbond substituents is 1. The van der Waals surface area contributed by atoms with Gasteiger partial charge in [0.1, 0.15) is 11.5 Å². The number of anilines is 1. The Morgan fingerprint density at radius 3 is 2.88 bits per heavy atom. The molecule has 1 heterocycles. The molecule has 0 aromatic heterocycles. The number of nitrogens with one attached hydrogen (secondary N) is 1. The van der Waals surface area contributed by atoms with Gasteiger partial charge in [0, 0.05) is 11.8 Å². The summed E-state index contributed by atoms with van der Waals surface area (Å²) in [7, 11) is 0. The largest absolute Gasteiger partial charge is 0.507 e. The van der Waals surface area contributed by atoms with E-state index < -0.39 is 6.10 Å². The molecule has 0 bridgehead atoms. The minimum absolute atomic E-state index is 0.172. The van der Waals surface area contributed by atoms with Crippen molar-refractivity contribution < 1.29 is 14.6 Å². The molecule has 5 heteroatoms. The molecular weight excluding hydrogens is 316 g/mol. The van der Waals surface area contributed by atoms with Gasteiger partial charge in [-0.2, -0.15) is 0 Å². The standard InChI is InChI=1S/C20H16N2O3/c1-12-20(24)22-17-10-14(7-9-19(17)25-12)21-11-16-15-5-3-2-4-13(15)6-8-18(16)23/h2-12,23H,1H3,(H,22,24)/t12-/m1/s1. The van der Waals surface area contributed by atoms with Crippen molar-refractivity contribution in [1.82, 2.24) is 0 Å². The number of phenols is 1. The number of amides is 1. The Kier molecular flexibility index (Phi) is 3.61. The monoisotopic (exact) mass is 332 g/mol. The molecule has 25 heavy (non-hydrogen) atoms. The minimum Gasteiger partial charge on any atom is -0.507 e. The first-order valence-corrected chi connectivity index (χ1v) is 7.98. The number of nitrogens with zero attached hydrogens (tertiary/aromatic N) is 1. The zero-order valence-corrected chi connectivity index (χ0v) is 13.6. The maximum atomic E-state index is 11.7. The topological polar surface area (TPSA) is 70.9 Å². The van der Waals surface area contributed by atoms with Crippen LogP contribution in [-0.2, 0) is 4.79 Å². The van der Waals surface area contributed by atoms with Crippen molar-refractivity contribution in [3.8, 4) is 11.5 Å². The molecule has 1 aliphatic rings. The van der Waals surface area contributed by atoms with Gasteiger partial charge in [0.25, 0.3) is 5.91 Å². The zero-order valence-electron chi connectivity index (χ0n) is 13.6. The molecule has 124 valence electrons. The van der Waals surface area contributed by atoms with Crippen LogP contribution in [0.3, 0.4) is 0 Å². The molecular formula is C20H16N2O3. The van der Waals surface area contributed by atoms with Gasteiger partial charge in [0.2, 0.25) is 0 Å². The molecule has 5 nitrogen and oxygen atoms in total. The molecule has 1 aliphatic heterocycles. The number of rotatable bonds is 2. The van der Waals surface area contributed by atoms with Crippen LogP contribution in [0.1, 0.15) is 12.5 Å². The van der Waals surface area contributed by atoms with E-state index in [4.69, 9.17) is 4.74 Å². The fraction of sp³-hybridized carbons (Fsp3) is 0.100. The van der Waals surface area contributed by atoms with Crippen LogP contribution in [0.4, 0.5) is 11.4 Å². The lowest BCUT2D eigenvalue weighted by Gasteiger charge is -2.23. The van der Waals surface area contributed by atoms with E-state index in [2.05, 4.69) is 10.3 Å². The molecule has 2 N–H and O–H groups in total. The summed E-state index contributed by atoms with van der Waals surface area (Å²) in [4.78, 5) is 16.2. The summed E-state index contributed by atoms with van der Waals surface area (Å²) in [6, 6.07) is 16.7. The molecule has 0 fully saturated rings. The molecule has 3 aromatic rings. The van der Waals surface area contributed by atoms with E-state index in [0.29, 0.717) is 22.7 Å². The van der Waals surface area contributed by atoms with Crippen molar-refractivity contribution >= 4 is 34.3 Å². The quantitative estimate of drug-likeness (QED) is 0.696. The maximum Gasteiger partial charge on any atom is 0.265 e. The lowest BCUT2D eigenvalue weighted by atomic mass is 10.0. The Labute approximate surface area is 144 Å². The van der Waals surface area contributed by atoms with Crippen LogP contribution in [0.15, 0.2) is 59.6 Å². The highest BCUT2D eigenvalue weighted by atomic mass is 16.5. The van der Waals surface area contributed by atoms with E-state index >= 15 is 0 Å². The Morgan fingerprint density at radius 2 is 2.00 bits per heavy atom. The number of benzene rings is 3. The second kappa shape index (κ2) is 5.94. The van der Waals surface area contributed by atoms with Crippen LogP contribution >= 0.6 is 0 Å². The number of carbonyl (C=O) groups is 1. The number of aliphatic imine (C=N–C) groups is 1. The van der Waals surface area contributed by atoms with Crippen molar-refractivity contribution in [2.75, 3.05) is 5.32 Å². The third kappa shape index (κ3) is 2.80. The van der Waals surface area contributed by atoms with Crippen LogP contribution in [0.2, 0.25) is 0 Å². The molecule has 4 rings (SSSR count). The van der Waals surface area contributed by atoms with Crippen molar-refractivity contribution in [1.29, 1.82) is 0 Å². The van der Waals surface area contributed by atoms with Gasteiger partial charge in [-0.3, -0.25) is 9.79 Å². The number of hydrogen-bond donors (Lipinski definition) is 2. The van der Waals surface area contributed by atoms with E-state index in [1.807, 2.05) is 36.4 Å². The van der Waals surface area contributed by atoms with Crippen molar-refractivity contribution in [2.45, 2.75) is 13.0 Å². The van der Waals surface area contributed by atoms with Crippen LogP contribution < -0.4 is 10.1 Å². The predicted octanol–water partition coefficient (Wildman–Crippen LogP) is 4.02. The number of carbonyl (C=O) groups excluding carboxylic acids is 1. The summed E-state index contributed by atoms with van der Waals surface area (Å²) in [5.74, 6) is 0.616. The molecule has 0 saturated carbocycles. The van der Waals surface area contributed by atoms with Gasteiger partial charge in [-0.15, -0.1) is 0 Å². The lowest BCUT2D eigenvalue weighted by Crippen LogP contribution is -2.34. The predicted molar refractivity (Wildman–Crippen MR) is 98.0 cm³/mol. The fourth-order valence-electron chi connectivity index (χ4n) is 2.84. The SMILES string of the molecule is C[C@H]1Oc2ccc(N=Cc3c(O)ccc4ccccc34)cc2NC1=O. The summed E-state index contributed by atoms with van der Waals surface area (Å²) in [6.45, 7) is 1.70. The Balaban J connectivity index is 1.71. The van der Waals surface area contributed by atoms with Crippen LogP contribution in [-0.4, -0.2) is 23.3 Å². The van der Waals surface area contributed by atoms with Gasteiger partial charge in [0.05, 0.1) is 11.4 Å². The summed E-state index contributed by atoms with van der Waals surface area (Å²) in [5, 5.41) is 14.9. The highest BCUT2D eigenvalue weighted by Crippen LogP contribution is 2.33. The van der Waals surface area contributed by atoms with Crippen LogP contribution in [0, 0.1) is 0 Å². The summed E-state index contributed by atoms with van der Waals surface area (Å²) in [6.07, 6.45) is 1.13. The van der Waals surface area contributed by atoms with Crippen LogP contribution in [0.25, 0.3) is 10.8 Å². The summed E-state index contributed by atoms with van der Waals surface area (Å²) in [5.41, 5.74) is 1.91. The molecule has 0 aliphatic carbocycles. The van der Waals surface area contributed by atoms with Crippen molar-refractivity contribution in [3.63, 3.8) is 0 Å². The Morgan fingerprint density at radius 1 is 1.16 bits per heavy atom. The van der Waals surface area contributed by atoms with E-state index in [-0.39, 0.29) is 11.7 Å². The first-order chi connectivity index (χ1) is 12.1. The summed E-state index contributed by atoms with van der Waals surface area (Å²) < 4.78 is 5.53. The number of hydrogen-bond acceptors (Lipinski definition) is 4. The average Bonchev–Trinajstić information content (AvgIpc) is 2.62. The zero-order chi connectivity index (χ0) is 17.4. The minimum atomic E-state index is -0.505. The molecule has 0 unspecified atom stereocenters. The maximum absolute atomic E-state index is 11.7. The van der Waals surface area contributed by atoms with Gasteiger partial charge in [-0.25, -0.2) is 0 Å².